The van der Waals surface area contributed by atoms with E-state index in [9.17, 15) is 4.79 Å². The van der Waals surface area contributed by atoms with Crippen LogP contribution in [0.5, 0.6) is 0 Å². The molecule has 1 aliphatic rings. The Hall–Kier alpha value is -2.20. The average Bonchev–Trinajstić information content (AvgIpc) is 2.73. The van der Waals surface area contributed by atoms with Crippen molar-refractivity contribution in [2.45, 2.75) is 25.8 Å². The summed E-state index contributed by atoms with van der Waals surface area (Å²) in [5.74, 6) is 0.690. The van der Waals surface area contributed by atoms with Crippen LogP contribution in [0.3, 0.4) is 0 Å². The molecular formula is C16H17N3O. The Morgan fingerprint density at radius 3 is 2.40 bits per heavy atom. The van der Waals surface area contributed by atoms with Crippen LogP contribution in [0, 0.1) is 0 Å². The maximum atomic E-state index is 12.0. The van der Waals surface area contributed by atoms with Gasteiger partial charge in [-0.05, 0) is 31.5 Å². The van der Waals surface area contributed by atoms with Gasteiger partial charge in [0.1, 0.15) is 5.82 Å². The number of hydrogen-bond donors (Lipinski definition) is 1. The molecule has 1 aromatic carbocycles. The molecule has 4 heteroatoms. The van der Waals surface area contributed by atoms with E-state index in [4.69, 9.17) is 0 Å². The molecule has 102 valence electrons. The lowest BCUT2D eigenvalue weighted by Crippen LogP contribution is -2.42. The standard InChI is InChI=1S/C16H17N3O/c1-16(2)10-15(20)19(18-16)14-9-8-13(11-17-14)12-6-4-3-5-7-12/h3-9,11,18H,10H2,1-2H3. The van der Waals surface area contributed by atoms with Gasteiger partial charge in [0.15, 0.2) is 0 Å². The van der Waals surface area contributed by atoms with Crippen LogP contribution in [0.1, 0.15) is 20.3 Å². The molecule has 1 aliphatic heterocycles. The monoisotopic (exact) mass is 267 g/mol. The van der Waals surface area contributed by atoms with Crippen molar-refractivity contribution in [2.75, 3.05) is 5.01 Å². The Morgan fingerprint density at radius 2 is 1.85 bits per heavy atom. The van der Waals surface area contributed by atoms with Gasteiger partial charge in [-0.2, -0.15) is 0 Å². The molecule has 2 aromatic rings. The zero-order valence-corrected chi connectivity index (χ0v) is 11.6. The number of benzene rings is 1. The van der Waals surface area contributed by atoms with E-state index in [0.717, 1.165) is 11.1 Å². The molecule has 1 N–H and O–H groups in total. The molecule has 0 atom stereocenters. The second-order valence-corrected chi connectivity index (χ2v) is 5.67. The topological polar surface area (TPSA) is 45.2 Å². The third-order valence-corrected chi connectivity index (χ3v) is 3.34. The van der Waals surface area contributed by atoms with Gasteiger partial charge in [-0.15, -0.1) is 0 Å². The van der Waals surface area contributed by atoms with Crippen molar-refractivity contribution in [3.8, 4) is 11.1 Å². The highest BCUT2D eigenvalue weighted by Gasteiger charge is 2.36. The Balaban J connectivity index is 1.86. The first-order valence-corrected chi connectivity index (χ1v) is 6.67. The van der Waals surface area contributed by atoms with Gasteiger partial charge in [-0.25, -0.2) is 15.4 Å². The zero-order chi connectivity index (χ0) is 14.2. The van der Waals surface area contributed by atoms with Crippen molar-refractivity contribution in [3.63, 3.8) is 0 Å². The summed E-state index contributed by atoms with van der Waals surface area (Å²) in [6.45, 7) is 4.01. The molecule has 0 unspecified atom stereocenters. The lowest BCUT2D eigenvalue weighted by atomic mass is 10.0. The minimum Gasteiger partial charge on any atom is -0.273 e. The molecule has 1 fully saturated rings. The number of nitrogens with zero attached hydrogens (tertiary/aromatic N) is 2. The number of carbonyl (C=O) groups is 1. The summed E-state index contributed by atoms with van der Waals surface area (Å²) < 4.78 is 0. The molecular weight excluding hydrogens is 250 g/mol. The first-order valence-electron chi connectivity index (χ1n) is 6.67. The third kappa shape index (κ3) is 2.42. The maximum Gasteiger partial charge on any atom is 0.244 e. The van der Waals surface area contributed by atoms with Crippen molar-refractivity contribution in [1.29, 1.82) is 0 Å². The van der Waals surface area contributed by atoms with Gasteiger partial charge in [-0.3, -0.25) is 4.79 Å². The van der Waals surface area contributed by atoms with Crippen LogP contribution < -0.4 is 10.4 Å². The average molecular weight is 267 g/mol. The van der Waals surface area contributed by atoms with E-state index >= 15 is 0 Å². The van der Waals surface area contributed by atoms with Crippen LogP contribution in [0.25, 0.3) is 11.1 Å². The summed E-state index contributed by atoms with van der Waals surface area (Å²) in [4.78, 5) is 16.4. The Kier molecular flexibility index (Phi) is 3.03. The lowest BCUT2D eigenvalue weighted by molar-refractivity contribution is -0.117. The molecule has 0 bridgehead atoms. The smallest absolute Gasteiger partial charge is 0.244 e. The van der Waals surface area contributed by atoms with Gasteiger partial charge in [0.2, 0.25) is 5.91 Å². The number of hydrogen-bond acceptors (Lipinski definition) is 3. The van der Waals surface area contributed by atoms with Gasteiger partial charge >= 0.3 is 0 Å². The number of nitrogens with one attached hydrogen (secondary N) is 1. The van der Waals surface area contributed by atoms with Crippen molar-refractivity contribution in [3.05, 3.63) is 48.7 Å². The summed E-state index contributed by atoms with van der Waals surface area (Å²) in [5.41, 5.74) is 5.13. The number of rotatable bonds is 2. The molecule has 3 rings (SSSR count). The summed E-state index contributed by atoms with van der Waals surface area (Å²) in [7, 11) is 0. The van der Waals surface area contributed by atoms with Crippen molar-refractivity contribution < 1.29 is 4.79 Å². The first kappa shape index (κ1) is 12.8. The van der Waals surface area contributed by atoms with Gasteiger partial charge in [0.05, 0.1) is 0 Å². The maximum absolute atomic E-state index is 12.0. The minimum atomic E-state index is -0.211. The highest BCUT2D eigenvalue weighted by atomic mass is 16.2. The molecule has 0 saturated carbocycles. The predicted octanol–water partition coefficient (Wildman–Crippen LogP) is 2.77. The number of carbonyl (C=O) groups excluding carboxylic acids is 1. The molecule has 2 heterocycles. The van der Waals surface area contributed by atoms with Crippen molar-refractivity contribution in [1.82, 2.24) is 10.4 Å². The van der Waals surface area contributed by atoms with E-state index in [1.807, 2.05) is 56.3 Å². The van der Waals surface area contributed by atoms with E-state index in [2.05, 4.69) is 10.4 Å². The molecule has 1 saturated heterocycles. The van der Waals surface area contributed by atoms with Crippen LogP contribution in [0.15, 0.2) is 48.7 Å². The SMILES string of the molecule is CC1(C)CC(=O)N(c2ccc(-c3ccccc3)cn2)N1. The lowest BCUT2D eigenvalue weighted by Gasteiger charge is -2.20. The zero-order valence-electron chi connectivity index (χ0n) is 11.6. The molecule has 20 heavy (non-hydrogen) atoms. The molecule has 0 aliphatic carbocycles. The second kappa shape index (κ2) is 4.72. The van der Waals surface area contributed by atoms with E-state index in [0.29, 0.717) is 12.2 Å². The number of aromatic nitrogens is 1. The van der Waals surface area contributed by atoms with Gasteiger partial charge in [-0.1, -0.05) is 30.3 Å². The predicted molar refractivity (Wildman–Crippen MR) is 79.0 cm³/mol. The van der Waals surface area contributed by atoms with Gasteiger partial charge in [0.25, 0.3) is 0 Å². The fourth-order valence-electron chi connectivity index (χ4n) is 2.37. The highest BCUT2D eigenvalue weighted by molar-refractivity contribution is 5.94. The van der Waals surface area contributed by atoms with Crippen molar-refractivity contribution >= 4 is 11.7 Å². The minimum absolute atomic E-state index is 0.0509. The van der Waals surface area contributed by atoms with Crippen LogP contribution in [-0.2, 0) is 4.79 Å². The molecule has 1 aromatic heterocycles. The Bertz CT molecular complexity index is 620. The van der Waals surface area contributed by atoms with Crippen LogP contribution in [-0.4, -0.2) is 16.4 Å². The van der Waals surface area contributed by atoms with Crippen LogP contribution >= 0.6 is 0 Å². The molecule has 4 nitrogen and oxygen atoms in total. The summed E-state index contributed by atoms with van der Waals surface area (Å²) in [6, 6.07) is 13.9. The van der Waals surface area contributed by atoms with E-state index in [-0.39, 0.29) is 11.4 Å². The van der Waals surface area contributed by atoms with Gasteiger partial charge in [0, 0.05) is 23.7 Å². The van der Waals surface area contributed by atoms with Crippen LogP contribution in [0.4, 0.5) is 5.82 Å². The van der Waals surface area contributed by atoms with Crippen LogP contribution in [0.2, 0.25) is 0 Å². The van der Waals surface area contributed by atoms with E-state index in [1.165, 1.54) is 5.01 Å². The van der Waals surface area contributed by atoms with Gasteiger partial charge < -0.3 is 0 Å². The fraction of sp³-hybridized carbons (Fsp3) is 0.250. The van der Waals surface area contributed by atoms with E-state index < -0.39 is 0 Å². The molecule has 1 amide bonds. The second-order valence-electron chi connectivity index (χ2n) is 5.67. The Morgan fingerprint density at radius 1 is 1.10 bits per heavy atom. The quantitative estimate of drug-likeness (QED) is 0.910. The van der Waals surface area contributed by atoms with Crippen molar-refractivity contribution in [2.24, 2.45) is 0 Å². The normalized spacial score (nSPS) is 17.5. The largest absolute Gasteiger partial charge is 0.273 e. The summed E-state index contributed by atoms with van der Waals surface area (Å²) in [5, 5.41) is 1.54. The highest BCUT2D eigenvalue weighted by Crippen LogP contribution is 2.25. The number of pyridine rings is 1. The third-order valence-electron chi connectivity index (χ3n) is 3.34. The number of hydrazine groups is 1. The number of anilines is 1. The molecule has 0 radical (unpaired) electrons. The Labute approximate surface area is 118 Å². The summed E-state index contributed by atoms with van der Waals surface area (Å²) >= 11 is 0. The fourth-order valence-corrected chi connectivity index (χ4v) is 2.37. The first-order chi connectivity index (χ1) is 9.55. The number of amides is 1. The van der Waals surface area contributed by atoms with E-state index in [1.54, 1.807) is 6.20 Å². The molecule has 0 spiro atoms. The summed E-state index contributed by atoms with van der Waals surface area (Å²) in [6.07, 6.45) is 2.28.